The van der Waals surface area contributed by atoms with E-state index in [1.165, 1.54) is 11.3 Å². The Hall–Kier alpha value is -0.430. The van der Waals surface area contributed by atoms with Crippen molar-refractivity contribution in [1.82, 2.24) is 5.32 Å². The molecule has 6 heteroatoms. The summed E-state index contributed by atoms with van der Waals surface area (Å²) < 4.78 is 23.0. The van der Waals surface area contributed by atoms with E-state index < -0.39 is 15.4 Å². The fourth-order valence-electron chi connectivity index (χ4n) is 2.20. The Kier molecular flexibility index (Phi) is 4.11. The Morgan fingerprint density at radius 3 is 3.00 bits per heavy atom. The van der Waals surface area contributed by atoms with Gasteiger partial charge in [0.1, 0.15) is 5.60 Å². The lowest BCUT2D eigenvalue weighted by atomic mass is 10.0. The van der Waals surface area contributed by atoms with Crippen molar-refractivity contribution in [2.24, 2.45) is 0 Å². The number of nitrogens with one attached hydrogen (secondary N) is 1. The number of sulfone groups is 1. The van der Waals surface area contributed by atoms with Crippen LogP contribution in [-0.4, -0.2) is 37.6 Å². The third kappa shape index (κ3) is 3.54. The van der Waals surface area contributed by atoms with Crippen LogP contribution in [0.1, 0.15) is 24.6 Å². The van der Waals surface area contributed by atoms with Gasteiger partial charge in [-0.1, -0.05) is 6.07 Å². The number of hydrogen-bond acceptors (Lipinski definition) is 5. The van der Waals surface area contributed by atoms with Crippen molar-refractivity contribution in [2.75, 3.05) is 18.1 Å². The lowest BCUT2D eigenvalue weighted by Gasteiger charge is -2.28. The molecule has 1 fully saturated rings. The topological polar surface area (TPSA) is 66.4 Å². The first-order valence-electron chi connectivity index (χ1n) is 6.09. The predicted molar refractivity (Wildman–Crippen MR) is 73.6 cm³/mol. The lowest BCUT2D eigenvalue weighted by molar-refractivity contribution is 0.0577. The smallest absolute Gasteiger partial charge is 0.151 e. The molecule has 2 rings (SSSR count). The maximum atomic E-state index is 11.5. The highest BCUT2D eigenvalue weighted by Gasteiger charge is 2.29. The van der Waals surface area contributed by atoms with Crippen LogP contribution >= 0.6 is 11.3 Å². The van der Waals surface area contributed by atoms with Crippen LogP contribution in [-0.2, 0) is 15.4 Å². The maximum Gasteiger partial charge on any atom is 0.151 e. The van der Waals surface area contributed by atoms with Crippen LogP contribution in [0.2, 0.25) is 0 Å². The van der Waals surface area contributed by atoms with Gasteiger partial charge in [0, 0.05) is 17.5 Å². The van der Waals surface area contributed by atoms with Crippen molar-refractivity contribution in [3.63, 3.8) is 0 Å². The number of hydrogen-bond donors (Lipinski definition) is 2. The number of rotatable bonds is 4. The minimum Gasteiger partial charge on any atom is -0.383 e. The van der Waals surface area contributed by atoms with Crippen LogP contribution in [0.3, 0.4) is 0 Å². The largest absolute Gasteiger partial charge is 0.383 e. The zero-order chi connectivity index (χ0) is 13.2. The fraction of sp³-hybridized carbons (Fsp3) is 0.667. The Morgan fingerprint density at radius 2 is 2.39 bits per heavy atom. The molecule has 2 atom stereocenters. The zero-order valence-electron chi connectivity index (χ0n) is 10.4. The van der Waals surface area contributed by atoms with Crippen LogP contribution in [0.4, 0.5) is 0 Å². The summed E-state index contributed by atoms with van der Waals surface area (Å²) in [7, 11) is -2.89. The van der Waals surface area contributed by atoms with Crippen molar-refractivity contribution in [1.29, 1.82) is 0 Å². The highest BCUT2D eigenvalue weighted by atomic mass is 32.2. The van der Waals surface area contributed by atoms with Gasteiger partial charge in [0.15, 0.2) is 9.84 Å². The average molecular weight is 289 g/mol. The Morgan fingerprint density at radius 1 is 1.61 bits per heavy atom. The second kappa shape index (κ2) is 5.28. The monoisotopic (exact) mass is 289 g/mol. The van der Waals surface area contributed by atoms with Gasteiger partial charge in [-0.2, -0.15) is 0 Å². The minimum atomic E-state index is -2.89. The van der Waals surface area contributed by atoms with Gasteiger partial charge in [-0.3, -0.25) is 0 Å². The SMILES string of the molecule is CC(O)(CNC1CCCS(=O)(=O)C1)c1cccs1. The third-order valence-corrected chi connectivity index (χ3v) is 6.19. The van der Waals surface area contributed by atoms with E-state index in [1.54, 1.807) is 6.92 Å². The first kappa shape index (κ1) is 14.0. The molecule has 0 spiro atoms. The zero-order valence-corrected chi connectivity index (χ0v) is 12.1. The second-order valence-corrected chi connectivity index (χ2v) is 8.26. The van der Waals surface area contributed by atoms with E-state index in [0.717, 1.165) is 11.3 Å². The van der Waals surface area contributed by atoms with Crippen LogP contribution in [0, 0.1) is 0 Å². The molecular weight excluding hydrogens is 270 g/mol. The molecule has 4 nitrogen and oxygen atoms in total. The van der Waals surface area contributed by atoms with E-state index in [4.69, 9.17) is 0 Å². The molecule has 102 valence electrons. The van der Waals surface area contributed by atoms with E-state index in [2.05, 4.69) is 5.32 Å². The van der Waals surface area contributed by atoms with Gasteiger partial charge in [-0.15, -0.1) is 11.3 Å². The molecule has 1 aliphatic rings. The second-order valence-electron chi connectivity index (χ2n) is 5.09. The van der Waals surface area contributed by atoms with Crippen molar-refractivity contribution in [2.45, 2.75) is 31.4 Å². The molecule has 0 amide bonds. The normalized spacial score (nSPS) is 26.7. The molecule has 2 N–H and O–H groups in total. The molecule has 0 bridgehead atoms. The molecule has 0 radical (unpaired) electrons. The summed E-state index contributed by atoms with van der Waals surface area (Å²) in [6.07, 6.45) is 1.57. The number of thiophene rings is 1. The van der Waals surface area contributed by atoms with Gasteiger partial charge >= 0.3 is 0 Å². The van der Waals surface area contributed by atoms with Gasteiger partial charge in [0.25, 0.3) is 0 Å². The number of aliphatic hydroxyl groups is 1. The van der Waals surface area contributed by atoms with Gasteiger partial charge in [0.05, 0.1) is 11.5 Å². The van der Waals surface area contributed by atoms with E-state index in [9.17, 15) is 13.5 Å². The summed E-state index contributed by atoms with van der Waals surface area (Å²) in [6.45, 7) is 2.14. The summed E-state index contributed by atoms with van der Waals surface area (Å²) in [5, 5.41) is 15.4. The molecule has 0 aliphatic carbocycles. The molecule has 1 aliphatic heterocycles. The summed E-state index contributed by atoms with van der Waals surface area (Å²) in [4.78, 5) is 0.897. The van der Waals surface area contributed by atoms with Gasteiger partial charge < -0.3 is 10.4 Å². The summed E-state index contributed by atoms with van der Waals surface area (Å²) in [6, 6.07) is 3.76. The van der Waals surface area contributed by atoms with Crippen molar-refractivity contribution in [3.05, 3.63) is 22.4 Å². The molecule has 2 heterocycles. The minimum absolute atomic E-state index is 0.0322. The Balaban J connectivity index is 1.92. The van der Waals surface area contributed by atoms with E-state index in [1.807, 2.05) is 17.5 Å². The highest BCUT2D eigenvalue weighted by molar-refractivity contribution is 7.91. The van der Waals surface area contributed by atoms with Gasteiger partial charge in [-0.25, -0.2) is 8.42 Å². The molecule has 1 aromatic rings. The fourth-order valence-corrected chi connectivity index (χ4v) is 4.66. The molecule has 0 aromatic carbocycles. The maximum absolute atomic E-state index is 11.5. The summed E-state index contributed by atoms with van der Waals surface area (Å²) in [5.41, 5.74) is -0.935. The molecule has 1 aromatic heterocycles. The van der Waals surface area contributed by atoms with Crippen molar-refractivity contribution >= 4 is 21.2 Å². The van der Waals surface area contributed by atoms with E-state index >= 15 is 0 Å². The molecule has 1 saturated heterocycles. The molecule has 18 heavy (non-hydrogen) atoms. The highest BCUT2D eigenvalue weighted by Crippen LogP contribution is 2.25. The summed E-state index contributed by atoms with van der Waals surface area (Å²) in [5.74, 6) is 0.486. The van der Waals surface area contributed by atoms with Gasteiger partial charge in [0.2, 0.25) is 0 Å². The van der Waals surface area contributed by atoms with Crippen molar-refractivity contribution in [3.8, 4) is 0 Å². The van der Waals surface area contributed by atoms with Crippen molar-refractivity contribution < 1.29 is 13.5 Å². The van der Waals surface area contributed by atoms with Crippen LogP contribution in [0.5, 0.6) is 0 Å². The van der Waals surface area contributed by atoms with E-state index in [-0.39, 0.29) is 11.8 Å². The molecule has 0 saturated carbocycles. The molecule has 2 unspecified atom stereocenters. The van der Waals surface area contributed by atoms with Crippen LogP contribution < -0.4 is 5.32 Å². The molecular formula is C12H19NO3S2. The standard InChI is InChI=1S/C12H19NO3S2/c1-12(14,11-5-2-6-17-11)9-13-10-4-3-7-18(15,16)8-10/h2,5-6,10,13-14H,3-4,7-9H2,1H3. The van der Waals surface area contributed by atoms with Crippen LogP contribution in [0.25, 0.3) is 0 Å². The quantitative estimate of drug-likeness (QED) is 0.872. The Labute approximate surface area is 112 Å². The third-order valence-electron chi connectivity index (χ3n) is 3.25. The first-order valence-corrected chi connectivity index (χ1v) is 8.79. The Bertz CT molecular complexity index is 479. The lowest BCUT2D eigenvalue weighted by Crippen LogP contribution is -2.45. The van der Waals surface area contributed by atoms with Crippen LogP contribution in [0.15, 0.2) is 17.5 Å². The van der Waals surface area contributed by atoms with E-state index in [0.29, 0.717) is 18.7 Å². The first-order chi connectivity index (χ1) is 8.39. The summed E-state index contributed by atoms with van der Waals surface area (Å²) >= 11 is 1.51. The average Bonchev–Trinajstić information content (AvgIpc) is 2.79. The predicted octanol–water partition coefficient (Wildman–Crippen LogP) is 1.12. The van der Waals surface area contributed by atoms with Gasteiger partial charge in [-0.05, 0) is 31.2 Å².